The van der Waals surface area contributed by atoms with Gasteiger partial charge in [-0.05, 0) is 19.1 Å². The summed E-state index contributed by atoms with van der Waals surface area (Å²) in [6, 6.07) is 3.77. The lowest BCUT2D eigenvalue weighted by Crippen LogP contribution is -2.33. The van der Waals surface area contributed by atoms with E-state index in [-0.39, 0.29) is 17.1 Å². The van der Waals surface area contributed by atoms with Crippen molar-refractivity contribution in [3.05, 3.63) is 18.2 Å². The summed E-state index contributed by atoms with van der Waals surface area (Å²) in [7, 11) is -2.85. The molecule has 1 rings (SSSR count). The molecule has 0 bridgehead atoms. The zero-order chi connectivity index (χ0) is 13.9. The number of hydrogen-bond acceptors (Lipinski definition) is 6. The fraction of sp³-hybridized carbons (Fsp3) is 0.300. The molecule has 0 aliphatic rings. The highest BCUT2D eigenvalue weighted by Gasteiger charge is 2.29. The van der Waals surface area contributed by atoms with E-state index >= 15 is 0 Å². The molecule has 0 amide bonds. The van der Waals surface area contributed by atoms with E-state index in [1.807, 2.05) is 0 Å². The van der Waals surface area contributed by atoms with E-state index in [2.05, 4.69) is 9.46 Å². The third kappa shape index (κ3) is 3.04. The predicted molar refractivity (Wildman–Crippen MR) is 66.5 cm³/mol. The molecule has 0 aliphatic carbocycles. The molecule has 8 heteroatoms. The fourth-order valence-electron chi connectivity index (χ4n) is 1.18. The van der Waals surface area contributed by atoms with Gasteiger partial charge in [0.15, 0.2) is 5.25 Å². The summed E-state index contributed by atoms with van der Waals surface area (Å²) in [6.45, 7) is 1.20. The number of carbonyl (C=O) groups is 1. The number of phenols is 1. The van der Waals surface area contributed by atoms with Crippen LogP contribution in [0.25, 0.3) is 0 Å². The SMILES string of the molecule is COC(=O)C(C)S(=O)(=O)Nc1ccc(O)cc1N. The van der Waals surface area contributed by atoms with Gasteiger partial charge in [0.2, 0.25) is 10.0 Å². The Kier molecular flexibility index (Phi) is 4.02. The maximum Gasteiger partial charge on any atom is 0.325 e. The zero-order valence-electron chi connectivity index (χ0n) is 9.88. The summed E-state index contributed by atoms with van der Waals surface area (Å²) >= 11 is 0. The molecule has 0 aromatic heterocycles. The average molecular weight is 274 g/mol. The zero-order valence-corrected chi connectivity index (χ0v) is 10.7. The van der Waals surface area contributed by atoms with Gasteiger partial charge < -0.3 is 15.6 Å². The largest absolute Gasteiger partial charge is 0.508 e. The van der Waals surface area contributed by atoms with Crippen molar-refractivity contribution in [2.75, 3.05) is 17.6 Å². The van der Waals surface area contributed by atoms with E-state index in [1.54, 1.807) is 0 Å². The fourth-order valence-corrected chi connectivity index (χ4v) is 2.20. The number of ether oxygens (including phenoxy) is 1. The van der Waals surface area contributed by atoms with Crippen LogP contribution in [0.3, 0.4) is 0 Å². The summed E-state index contributed by atoms with van der Waals surface area (Å²) in [5, 5.41) is 7.77. The van der Waals surface area contributed by atoms with Crippen molar-refractivity contribution in [1.82, 2.24) is 0 Å². The second-order valence-electron chi connectivity index (χ2n) is 3.58. The molecule has 0 saturated carbocycles. The molecule has 0 heterocycles. The van der Waals surface area contributed by atoms with E-state index in [4.69, 9.17) is 10.8 Å². The second-order valence-corrected chi connectivity index (χ2v) is 5.59. The van der Waals surface area contributed by atoms with Gasteiger partial charge in [-0.2, -0.15) is 0 Å². The van der Waals surface area contributed by atoms with E-state index in [1.165, 1.54) is 25.1 Å². The molecular weight excluding hydrogens is 260 g/mol. The Morgan fingerprint density at radius 1 is 1.50 bits per heavy atom. The van der Waals surface area contributed by atoms with Gasteiger partial charge in [-0.25, -0.2) is 8.42 Å². The monoisotopic (exact) mass is 274 g/mol. The Morgan fingerprint density at radius 2 is 2.11 bits per heavy atom. The minimum Gasteiger partial charge on any atom is -0.508 e. The minimum absolute atomic E-state index is 0.0515. The van der Waals surface area contributed by atoms with Crippen molar-refractivity contribution < 1.29 is 23.1 Å². The van der Waals surface area contributed by atoms with Crippen LogP contribution < -0.4 is 10.5 Å². The summed E-state index contributed by atoms with van der Waals surface area (Å²) in [4.78, 5) is 11.2. The highest BCUT2D eigenvalue weighted by Crippen LogP contribution is 2.25. The molecule has 100 valence electrons. The van der Waals surface area contributed by atoms with Crippen LogP contribution in [0.2, 0.25) is 0 Å². The number of phenolic OH excluding ortho intramolecular Hbond substituents is 1. The number of methoxy groups -OCH3 is 1. The first-order chi connectivity index (χ1) is 8.27. The molecule has 18 heavy (non-hydrogen) atoms. The molecule has 1 atom stereocenters. The third-order valence-corrected chi connectivity index (χ3v) is 3.91. The number of rotatable bonds is 4. The number of esters is 1. The summed E-state index contributed by atoms with van der Waals surface area (Å²) in [5.41, 5.74) is 5.67. The lowest BCUT2D eigenvalue weighted by Gasteiger charge is -2.14. The topological polar surface area (TPSA) is 119 Å². The molecular formula is C10H14N2O5S. The van der Waals surface area contributed by atoms with Gasteiger partial charge >= 0.3 is 5.97 Å². The number of sulfonamides is 1. The number of anilines is 2. The number of benzene rings is 1. The molecule has 1 aromatic rings. The second kappa shape index (κ2) is 5.13. The van der Waals surface area contributed by atoms with E-state index in [0.29, 0.717) is 0 Å². The van der Waals surface area contributed by atoms with Crippen molar-refractivity contribution in [3.63, 3.8) is 0 Å². The first-order valence-corrected chi connectivity index (χ1v) is 6.50. The van der Waals surface area contributed by atoms with Crippen LogP contribution >= 0.6 is 0 Å². The van der Waals surface area contributed by atoms with Crippen molar-refractivity contribution in [3.8, 4) is 5.75 Å². The van der Waals surface area contributed by atoms with Gasteiger partial charge in [-0.1, -0.05) is 0 Å². The Hall–Kier alpha value is -1.96. The van der Waals surface area contributed by atoms with Gasteiger partial charge in [0.25, 0.3) is 0 Å². The quantitative estimate of drug-likeness (QED) is 0.412. The van der Waals surface area contributed by atoms with Gasteiger partial charge in [0.1, 0.15) is 5.75 Å². The minimum atomic E-state index is -3.95. The van der Waals surface area contributed by atoms with Crippen molar-refractivity contribution in [1.29, 1.82) is 0 Å². The number of nitrogens with two attached hydrogens (primary N) is 1. The standard InChI is InChI=1S/C10H14N2O5S/c1-6(10(14)17-2)18(15,16)12-9-4-3-7(13)5-8(9)11/h3-6,12-13H,11H2,1-2H3. The van der Waals surface area contributed by atoms with Crippen LogP contribution in [-0.4, -0.2) is 31.9 Å². The molecule has 0 fully saturated rings. The third-order valence-electron chi connectivity index (χ3n) is 2.29. The van der Waals surface area contributed by atoms with E-state index in [9.17, 15) is 13.2 Å². The Balaban J connectivity index is 2.99. The van der Waals surface area contributed by atoms with Crippen LogP contribution in [-0.2, 0) is 19.6 Å². The highest BCUT2D eigenvalue weighted by atomic mass is 32.2. The number of hydrogen-bond donors (Lipinski definition) is 3. The number of nitrogens with one attached hydrogen (secondary N) is 1. The maximum absolute atomic E-state index is 11.8. The molecule has 1 unspecified atom stereocenters. The van der Waals surface area contributed by atoms with Gasteiger partial charge in [-0.3, -0.25) is 9.52 Å². The summed E-state index contributed by atoms with van der Waals surface area (Å²) in [5.74, 6) is -0.962. The lowest BCUT2D eigenvalue weighted by atomic mass is 10.2. The van der Waals surface area contributed by atoms with Crippen LogP contribution in [0.4, 0.5) is 11.4 Å². The first kappa shape index (κ1) is 14.1. The van der Waals surface area contributed by atoms with Gasteiger partial charge in [-0.15, -0.1) is 0 Å². The molecule has 4 N–H and O–H groups in total. The lowest BCUT2D eigenvalue weighted by molar-refractivity contribution is -0.139. The maximum atomic E-state index is 11.8. The smallest absolute Gasteiger partial charge is 0.325 e. The van der Waals surface area contributed by atoms with Crippen molar-refractivity contribution in [2.24, 2.45) is 0 Å². The van der Waals surface area contributed by atoms with Gasteiger partial charge in [0.05, 0.1) is 18.5 Å². The van der Waals surface area contributed by atoms with Gasteiger partial charge in [0, 0.05) is 6.07 Å². The molecule has 0 saturated heterocycles. The molecule has 0 radical (unpaired) electrons. The van der Waals surface area contributed by atoms with Crippen LogP contribution in [0.1, 0.15) is 6.92 Å². The molecule has 7 nitrogen and oxygen atoms in total. The predicted octanol–water partition coefficient (Wildman–Crippen LogP) is 0.278. The van der Waals surface area contributed by atoms with Crippen LogP contribution in [0.5, 0.6) is 5.75 Å². The Bertz CT molecular complexity index is 555. The number of nitrogen functional groups attached to an aromatic ring is 1. The summed E-state index contributed by atoms with van der Waals surface area (Å²) in [6.07, 6.45) is 0. The van der Waals surface area contributed by atoms with Crippen LogP contribution in [0, 0.1) is 0 Å². The van der Waals surface area contributed by atoms with E-state index < -0.39 is 21.2 Å². The van der Waals surface area contributed by atoms with E-state index in [0.717, 1.165) is 7.11 Å². The number of carbonyl (C=O) groups excluding carboxylic acids is 1. The van der Waals surface area contributed by atoms with Crippen LogP contribution in [0.15, 0.2) is 18.2 Å². The molecule has 0 aliphatic heterocycles. The highest BCUT2D eigenvalue weighted by molar-refractivity contribution is 7.94. The normalized spacial score (nSPS) is 12.8. The Morgan fingerprint density at radius 3 is 2.61 bits per heavy atom. The molecule has 0 spiro atoms. The Labute approximate surface area is 105 Å². The first-order valence-electron chi connectivity index (χ1n) is 4.96. The molecule has 1 aromatic carbocycles. The summed E-state index contributed by atoms with van der Waals surface area (Å²) < 4.78 is 30.1. The number of aromatic hydroxyl groups is 1. The average Bonchev–Trinajstić information content (AvgIpc) is 2.30. The van der Waals surface area contributed by atoms with Crippen molar-refractivity contribution >= 4 is 27.4 Å². The van der Waals surface area contributed by atoms with Crippen molar-refractivity contribution in [2.45, 2.75) is 12.2 Å².